The lowest BCUT2D eigenvalue weighted by atomic mass is 9.64. The molecule has 0 aliphatic heterocycles. The predicted octanol–water partition coefficient (Wildman–Crippen LogP) is 4.02. The molecular weight excluding hydrogens is 180 g/mol. The molecule has 0 amide bonds. The van der Waals surface area contributed by atoms with E-state index in [1.807, 2.05) is 0 Å². The van der Waals surface area contributed by atoms with Gasteiger partial charge in [0, 0.05) is 0 Å². The monoisotopic (exact) mass is 202 g/mol. The van der Waals surface area contributed by atoms with Gasteiger partial charge in [0.25, 0.3) is 0 Å². The number of hydrogen-bond donors (Lipinski definition) is 0. The summed E-state index contributed by atoms with van der Waals surface area (Å²) in [6.07, 6.45) is 14.3. The predicted molar refractivity (Wildman–Crippen MR) is 62.4 cm³/mol. The molecule has 4 rings (SSSR count). The van der Waals surface area contributed by atoms with Gasteiger partial charge in [-0.15, -0.1) is 0 Å². The van der Waals surface area contributed by atoms with Crippen molar-refractivity contribution in [2.75, 3.05) is 0 Å². The summed E-state index contributed by atoms with van der Waals surface area (Å²) in [7, 11) is 0. The molecule has 0 heteroatoms. The highest BCUT2D eigenvalue weighted by molar-refractivity contribution is 5.22. The first-order chi connectivity index (χ1) is 7.34. The molecule has 0 saturated heterocycles. The van der Waals surface area contributed by atoms with E-state index in [1.165, 1.54) is 19.3 Å². The average molecular weight is 202 g/mol. The fourth-order valence-corrected chi connectivity index (χ4v) is 6.09. The van der Waals surface area contributed by atoms with Crippen LogP contribution in [0, 0.1) is 35.0 Å². The van der Waals surface area contributed by atoms with Crippen molar-refractivity contribution in [1.29, 1.82) is 0 Å². The van der Waals surface area contributed by atoms with Crippen molar-refractivity contribution in [3.8, 4) is 0 Å². The topological polar surface area (TPSA) is 0 Å². The van der Waals surface area contributed by atoms with E-state index in [0.29, 0.717) is 0 Å². The molecule has 4 bridgehead atoms. The Kier molecular flexibility index (Phi) is 1.59. The minimum absolute atomic E-state index is 0.814. The molecule has 0 heterocycles. The quantitative estimate of drug-likeness (QED) is 0.468. The van der Waals surface area contributed by atoms with Crippen LogP contribution in [0.3, 0.4) is 0 Å². The van der Waals surface area contributed by atoms with Gasteiger partial charge in [0.1, 0.15) is 0 Å². The van der Waals surface area contributed by atoms with Gasteiger partial charge in [-0.25, -0.2) is 0 Å². The van der Waals surface area contributed by atoms with Gasteiger partial charge in [-0.3, -0.25) is 0 Å². The van der Waals surface area contributed by atoms with Crippen molar-refractivity contribution in [1.82, 2.24) is 0 Å². The molecule has 0 spiro atoms. The molecular formula is C15H22. The van der Waals surface area contributed by atoms with E-state index >= 15 is 0 Å². The Balaban J connectivity index is 1.75. The molecule has 0 aromatic carbocycles. The SMILES string of the molecule is CCCC12CCC(C1)C1C3C=CC(C3)C12. The zero-order valence-electron chi connectivity index (χ0n) is 9.78. The second kappa shape index (κ2) is 2.70. The Hall–Kier alpha value is -0.260. The lowest BCUT2D eigenvalue weighted by Gasteiger charge is -2.40. The molecule has 0 aromatic heterocycles. The summed E-state index contributed by atoms with van der Waals surface area (Å²) in [6, 6.07) is 0. The maximum atomic E-state index is 2.57. The fourth-order valence-electron chi connectivity index (χ4n) is 6.09. The standard InChI is InChI=1S/C15H22/c1-2-6-15-7-5-12(9-15)13-10-3-4-11(8-10)14(13)15/h3-4,10-14H,2,5-9H2,1H3. The van der Waals surface area contributed by atoms with E-state index in [2.05, 4.69) is 19.1 Å². The van der Waals surface area contributed by atoms with Gasteiger partial charge >= 0.3 is 0 Å². The number of rotatable bonds is 2. The van der Waals surface area contributed by atoms with Crippen molar-refractivity contribution >= 4 is 0 Å². The summed E-state index contributed by atoms with van der Waals surface area (Å²) in [5.74, 6) is 5.37. The summed E-state index contributed by atoms with van der Waals surface area (Å²) in [5, 5.41) is 0. The molecule has 4 aliphatic carbocycles. The lowest BCUT2D eigenvalue weighted by Crippen LogP contribution is -2.33. The Bertz CT molecular complexity index is 316. The summed E-state index contributed by atoms with van der Waals surface area (Å²) < 4.78 is 0. The van der Waals surface area contributed by atoms with Gasteiger partial charge in [0.15, 0.2) is 0 Å². The number of fused-ring (bicyclic) bond motifs is 9. The Morgan fingerprint density at radius 3 is 3.00 bits per heavy atom. The van der Waals surface area contributed by atoms with Gasteiger partial charge in [0.2, 0.25) is 0 Å². The average Bonchev–Trinajstić information content (AvgIpc) is 2.95. The molecule has 3 saturated carbocycles. The second-order valence-corrected chi connectivity index (χ2v) is 6.67. The smallest absolute Gasteiger partial charge is 0.0191 e. The maximum Gasteiger partial charge on any atom is -0.0191 e. The van der Waals surface area contributed by atoms with Crippen LogP contribution >= 0.6 is 0 Å². The van der Waals surface area contributed by atoms with Crippen molar-refractivity contribution in [2.45, 2.75) is 45.4 Å². The van der Waals surface area contributed by atoms with Crippen molar-refractivity contribution in [3.05, 3.63) is 12.2 Å². The maximum absolute atomic E-state index is 2.57. The second-order valence-electron chi connectivity index (χ2n) is 6.67. The molecule has 0 radical (unpaired) electrons. The van der Waals surface area contributed by atoms with Gasteiger partial charge in [-0.1, -0.05) is 25.5 Å². The van der Waals surface area contributed by atoms with Gasteiger partial charge in [-0.05, 0) is 67.1 Å². The molecule has 4 aliphatic rings. The Morgan fingerprint density at radius 1 is 1.27 bits per heavy atom. The summed E-state index contributed by atoms with van der Waals surface area (Å²) in [6.45, 7) is 2.39. The summed E-state index contributed by atoms with van der Waals surface area (Å²) in [5.41, 5.74) is 0.814. The molecule has 0 aromatic rings. The zero-order valence-corrected chi connectivity index (χ0v) is 9.78. The molecule has 6 atom stereocenters. The molecule has 82 valence electrons. The van der Waals surface area contributed by atoms with Gasteiger partial charge in [0.05, 0.1) is 0 Å². The van der Waals surface area contributed by atoms with Crippen LogP contribution in [0.4, 0.5) is 0 Å². The zero-order chi connectivity index (χ0) is 10.0. The summed E-state index contributed by atoms with van der Waals surface area (Å²) >= 11 is 0. The molecule has 0 N–H and O–H groups in total. The number of allylic oxidation sites excluding steroid dienone is 2. The van der Waals surface area contributed by atoms with Crippen LogP contribution in [-0.2, 0) is 0 Å². The van der Waals surface area contributed by atoms with E-state index in [0.717, 1.165) is 35.0 Å². The van der Waals surface area contributed by atoms with Crippen molar-refractivity contribution < 1.29 is 0 Å². The molecule has 15 heavy (non-hydrogen) atoms. The van der Waals surface area contributed by atoms with Crippen LogP contribution in [-0.4, -0.2) is 0 Å². The van der Waals surface area contributed by atoms with Crippen LogP contribution in [0.15, 0.2) is 12.2 Å². The van der Waals surface area contributed by atoms with Gasteiger partial charge < -0.3 is 0 Å². The third-order valence-electron chi connectivity index (χ3n) is 6.20. The molecule has 0 nitrogen and oxygen atoms in total. The Labute approximate surface area is 93.1 Å². The minimum atomic E-state index is 0.814. The van der Waals surface area contributed by atoms with Crippen molar-refractivity contribution in [2.24, 2.45) is 35.0 Å². The third kappa shape index (κ3) is 0.905. The van der Waals surface area contributed by atoms with Crippen LogP contribution in [0.5, 0.6) is 0 Å². The number of hydrogen-bond acceptors (Lipinski definition) is 0. The van der Waals surface area contributed by atoms with Crippen molar-refractivity contribution in [3.63, 3.8) is 0 Å². The first-order valence-electron chi connectivity index (χ1n) is 7.02. The minimum Gasteiger partial charge on any atom is -0.0848 e. The van der Waals surface area contributed by atoms with Gasteiger partial charge in [-0.2, -0.15) is 0 Å². The summed E-state index contributed by atoms with van der Waals surface area (Å²) in [4.78, 5) is 0. The highest BCUT2D eigenvalue weighted by atomic mass is 14.7. The van der Waals surface area contributed by atoms with Crippen LogP contribution in [0.25, 0.3) is 0 Å². The van der Waals surface area contributed by atoms with E-state index < -0.39 is 0 Å². The molecule has 6 unspecified atom stereocenters. The van der Waals surface area contributed by atoms with E-state index in [1.54, 1.807) is 19.3 Å². The molecule has 3 fully saturated rings. The Morgan fingerprint density at radius 2 is 2.13 bits per heavy atom. The first kappa shape index (κ1) is 8.84. The first-order valence-corrected chi connectivity index (χ1v) is 7.02. The fraction of sp³-hybridized carbons (Fsp3) is 0.867. The third-order valence-corrected chi connectivity index (χ3v) is 6.20. The lowest BCUT2D eigenvalue weighted by molar-refractivity contribution is 0.105. The van der Waals surface area contributed by atoms with Crippen LogP contribution in [0.2, 0.25) is 0 Å². The highest BCUT2D eigenvalue weighted by Gasteiger charge is 2.64. The highest BCUT2D eigenvalue weighted by Crippen LogP contribution is 2.72. The van der Waals surface area contributed by atoms with E-state index in [9.17, 15) is 0 Å². The van der Waals surface area contributed by atoms with E-state index in [4.69, 9.17) is 0 Å². The van der Waals surface area contributed by atoms with Crippen LogP contribution in [0.1, 0.15) is 45.4 Å². The van der Waals surface area contributed by atoms with E-state index in [-0.39, 0.29) is 0 Å². The normalized spacial score (nSPS) is 59.1. The largest absolute Gasteiger partial charge is 0.0848 e. The van der Waals surface area contributed by atoms with Crippen LogP contribution < -0.4 is 0 Å².